The first-order chi connectivity index (χ1) is 8.75. The molecule has 1 N–H and O–H groups in total. The molecule has 0 aromatic carbocycles. The van der Waals surface area contributed by atoms with Gasteiger partial charge in [0.15, 0.2) is 0 Å². The van der Waals surface area contributed by atoms with E-state index < -0.39 is 0 Å². The lowest BCUT2D eigenvalue weighted by Crippen LogP contribution is -2.42. The van der Waals surface area contributed by atoms with E-state index in [4.69, 9.17) is 4.42 Å². The second-order valence-corrected chi connectivity index (χ2v) is 5.39. The molecule has 0 radical (unpaired) electrons. The second kappa shape index (κ2) is 4.90. The first-order valence-electron chi connectivity index (χ1n) is 6.88. The Balaban J connectivity index is 1.79. The van der Waals surface area contributed by atoms with Crippen LogP contribution in [0, 0.1) is 0 Å². The largest absolute Gasteiger partial charge is 0.418 e. The predicted octanol–water partition coefficient (Wildman–Crippen LogP) is 0.867. The van der Waals surface area contributed by atoms with Crippen LogP contribution in [0.5, 0.6) is 0 Å². The summed E-state index contributed by atoms with van der Waals surface area (Å²) >= 11 is 0. The van der Waals surface area contributed by atoms with E-state index in [1.807, 2.05) is 6.20 Å². The molecule has 1 atom stereocenters. The highest BCUT2D eigenvalue weighted by atomic mass is 16.4. The van der Waals surface area contributed by atoms with Gasteiger partial charge in [-0.15, -0.1) is 0 Å². The van der Waals surface area contributed by atoms with E-state index in [0.29, 0.717) is 12.1 Å². The van der Waals surface area contributed by atoms with Gasteiger partial charge in [-0.25, -0.2) is 4.79 Å². The van der Waals surface area contributed by atoms with Crippen molar-refractivity contribution in [2.24, 2.45) is 7.05 Å². The average molecular weight is 251 g/mol. The van der Waals surface area contributed by atoms with Crippen molar-refractivity contribution in [2.75, 3.05) is 19.6 Å². The lowest BCUT2D eigenvalue weighted by molar-refractivity contribution is 0.133. The molecule has 0 saturated carbocycles. The Labute approximate surface area is 107 Å². The van der Waals surface area contributed by atoms with Crippen LogP contribution in [-0.4, -0.2) is 35.1 Å². The van der Waals surface area contributed by atoms with Gasteiger partial charge in [0.2, 0.25) is 0 Å². The minimum atomic E-state index is -0.248. The maximum Gasteiger partial charge on any atom is 0.418 e. The van der Waals surface area contributed by atoms with Crippen LogP contribution >= 0.6 is 0 Å². The molecular formula is C13H21N3O2. The Morgan fingerprint density at radius 2 is 2.11 bits per heavy atom. The van der Waals surface area contributed by atoms with Gasteiger partial charge in [0.05, 0.1) is 12.2 Å². The zero-order chi connectivity index (χ0) is 12.5. The molecule has 0 aliphatic carbocycles. The molecule has 18 heavy (non-hydrogen) atoms. The molecule has 0 bridgehead atoms. The Bertz CT molecular complexity index is 459. The maximum absolute atomic E-state index is 11.4. The number of rotatable bonds is 2. The Hall–Kier alpha value is -1.07. The summed E-state index contributed by atoms with van der Waals surface area (Å²) in [6, 6.07) is 0.950. The van der Waals surface area contributed by atoms with Gasteiger partial charge in [-0.1, -0.05) is 0 Å². The van der Waals surface area contributed by atoms with Crippen molar-refractivity contribution >= 4 is 0 Å². The Morgan fingerprint density at radius 3 is 2.78 bits per heavy atom. The summed E-state index contributed by atoms with van der Waals surface area (Å²) in [5.41, 5.74) is 0. The van der Waals surface area contributed by atoms with Crippen LogP contribution in [-0.2, 0) is 7.05 Å². The van der Waals surface area contributed by atoms with Crippen molar-refractivity contribution in [3.05, 3.63) is 22.5 Å². The number of likely N-dealkylation sites (tertiary alicyclic amines) is 1. The summed E-state index contributed by atoms with van der Waals surface area (Å²) in [6.07, 6.45) is 6.57. The van der Waals surface area contributed by atoms with Gasteiger partial charge in [-0.2, -0.15) is 0 Å². The highest BCUT2D eigenvalue weighted by Crippen LogP contribution is 2.35. The van der Waals surface area contributed by atoms with Gasteiger partial charge in [0, 0.05) is 13.1 Å². The van der Waals surface area contributed by atoms with Crippen molar-refractivity contribution in [2.45, 2.75) is 37.8 Å². The molecule has 1 aromatic rings. The fraction of sp³-hybridized carbons (Fsp3) is 0.769. The number of nitrogens with one attached hydrogen (secondary N) is 1. The summed E-state index contributed by atoms with van der Waals surface area (Å²) in [5, 5.41) is 3.40. The summed E-state index contributed by atoms with van der Waals surface area (Å²) in [7, 11) is 1.75. The molecule has 100 valence electrons. The van der Waals surface area contributed by atoms with Gasteiger partial charge in [0.1, 0.15) is 5.76 Å². The van der Waals surface area contributed by atoms with Gasteiger partial charge in [-0.3, -0.25) is 9.47 Å². The van der Waals surface area contributed by atoms with Crippen molar-refractivity contribution in [1.29, 1.82) is 0 Å². The third-order valence-corrected chi connectivity index (χ3v) is 4.21. The number of hydrogen-bond donors (Lipinski definition) is 1. The molecule has 3 rings (SSSR count). The summed E-state index contributed by atoms with van der Waals surface area (Å²) in [6.45, 7) is 3.34. The normalized spacial score (nSPS) is 26.8. The molecular weight excluding hydrogens is 230 g/mol. The maximum atomic E-state index is 11.4. The molecule has 5 heteroatoms. The molecule has 0 spiro atoms. The highest BCUT2D eigenvalue weighted by Gasteiger charge is 2.34. The third-order valence-electron chi connectivity index (χ3n) is 4.21. The molecule has 3 heterocycles. The lowest BCUT2D eigenvalue weighted by Gasteiger charge is -2.34. The van der Waals surface area contributed by atoms with Crippen molar-refractivity contribution in [1.82, 2.24) is 14.8 Å². The van der Waals surface area contributed by atoms with Crippen LogP contribution in [0.15, 0.2) is 15.4 Å². The van der Waals surface area contributed by atoms with Gasteiger partial charge in [-0.05, 0) is 45.3 Å². The lowest BCUT2D eigenvalue weighted by atomic mass is 10.0. The van der Waals surface area contributed by atoms with E-state index in [2.05, 4.69) is 10.2 Å². The monoisotopic (exact) mass is 251 g/mol. The van der Waals surface area contributed by atoms with Crippen LogP contribution in [0.25, 0.3) is 0 Å². The molecule has 2 fully saturated rings. The van der Waals surface area contributed by atoms with E-state index in [9.17, 15) is 4.79 Å². The molecule has 1 aromatic heterocycles. The number of hydrogen-bond acceptors (Lipinski definition) is 4. The number of nitrogens with zero attached hydrogens (tertiary/aromatic N) is 2. The van der Waals surface area contributed by atoms with E-state index in [1.54, 1.807) is 7.05 Å². The van der Waals surface area contributed by atoms with Crippen molar-refractivity contribution in [3.63, 3.8) is 0 Å². The number of piperidine rings is 1. The van der Waals surface area contributed by atoms with E-state index in [0.717, 1.165) is 31.8 Å². The number of oxazole rings is 1. The minimum Gasteiger partial charge on any atom is -0.411 e. The van der Waals surface area contributed by atoms with E-state index in [-0.39, 0.29) is 5.76 Å². The smallest absolute Gasteiger partial charge is 0.411 e. The predicted molar refractivity (Wildman–Crippen MR) is 68.5 cm³/mol. The zero-order valence-electron chi connectivity index (χ0n) is 10.9. The van der Waals surface area contributed by atoms with Crippen LogP contribution < -0.4 is 11.1 Å². The minimum absolute atomic E-state index is 0.248. The van der Waals surface area contributed by atoms with E-state index >= 15 is 0 Å². The Morgan fingerprint density at radius 1 is 1.33 bits per heavy atom. The fourth-order valence-electron chi connectivity index (χ4n) is 3.27. The van der Waals surface area contributed by atoms with Crippen molar-refractivity contribution < 1.29 is 4.42 Å². The molecule has 2 saturated heterocycles. The highest BCUT2D eigenvalue weighted by molar-refractivity contribution is 5.03. The van der Waals surface area contributed by atoms with Gasteiger partial charge in [0.25, 0.3) is 0 Å². The molecule has 0 amide bonds. The van der Waals surface area contributed by atoms with Gasteiger partial charge < -0.3 is 9.73 Å². The molecule has 1 unspecified atom stereocenters. The van der Waals surface area contributed by atoms with Gasteiger partial charge >= 0.3 is 5.76 Å². The third kappa shape index (κ3) is 2.12. The SMILES string of the molecule is Cn1cc(C2CCCN2C2CCNCC2)oc1=O. The average Bonchev–Trinajstić information content (AvgIpc) is 2.98. The quantitative estimate of drug-likeness (QED) is 0.847. The number of aromatic nitrogens is 1. The standard InChI is InChI=1S/C13H21N3O2/c1-15-9-12(18-13(15)17)11-3-2-8-16(11)10-4-6-14-7-5-10/h9-11,14H,2-8H2,1H3. The fourth-order valence-corrected chi connectivity index (χ4v) is 3.27. The number of aryl methyl sites for hydroxylation is 1. The molecule has 2 aliphatic heterocycles. The first-order valence-corrected chi connectivity index (χ1v) is 6.88. The van der Waals surface area contributed by atoms with Crippen LogP contribution in [0.1, 0.15) is 37.5 Å². The Kier molecular flexibility index (Phi) is 3.26. The molecule has 5 nitrogen and oxygen atoms in total. The van der Waals surface area contributed by atoms with Crippen LogP contribution in [0.2, 0.25) is 0 Å². The molecule has 2 aliphatic rings. The summed E-state index contributed by atoms with van der Waals surface area (Å²) < 4.78 is 6.91. The second-order valence-electron chi connectivity index (χ2n) is 5.39. The first kappa shape index (κ1) is 12.0. The topological polar surface area (TPSA) is 50.4 Å². The summed E-state index contributed by atoms with van der Waals surface area (Å²) in [5.74, 6) is 0.598. The zero-order valence-corrected chi connectivity index (χ0v) is 10.9. The van der Waals surface area contributed by atoms with Crippen molar-refractivity contribution in [3.8, 4) is 0 Å². The van der Waals surface area contributed by atoms with E-state index in [1.165, 1.54) is 23.8 Å². The van der Waals surface area contributed by atoms with Crippen LogP contribution in [0.4, 0.5) is 0 Å². The van der Waals surface area contributed by atoms with Crippen LogP contribution in [0.3, 0.4) is 0 Å². The summed E-state index contributed by atoms with van der Waals surface area (Å²) in [4.78, 5) is 14.0.